The van der Waals surface area contributed by atoms with E-state index in [1.54, 1.807) is 0 Å². The number of hydrogen-bond donors (Lipinski definition) is 0. The van der Waals surface area contributed by atoms with Gasteiger partial charge in [0.2, 0.25) is 0 Å². The Hall–Kier alpha value is -2.46. The summed E-state index contributed by atoms with van der Waals surface area (Å²) in [7, 11) is 0. The molecule has 122 valence electrons. The van der Waals surface area contributed by atoms with E-state index in [1.807, 2.05) is 48.5 Å². The molecule has 1 saturated heterocycles. The van der Waals surface area contributed by atoms with Crippen LogP contribution in [0, 0.1) is 5.82 Å². The summed E-state index contributed by atoms with van der Waals surface area (Å²) in [6, 6.07) is 19.2. The molecule has 2 heterocycles. The topological polar surface area (TPSA) is 29.3 Å². The van der Waals surface area contributed by atoms with Gasteiger partial charge in [0.05, 0.1) is 6.54 Å². The van der Waals surface area contributed by atoms with Gasteiger partial charge in [0.1, 0.15) is 11.5 Å². The number of likely N-dealkylation sites (tertiary alicyclic amines) is 1. The number of nitrogens with zero attached hydrogens (tertiary/aromatic N) is 2. The molecule has 0 amide bonds. The van der Waals surface area contributed by atoms with Crippen molar-refractivity contribution in [1.29, 1.82) is 0 Å². The second kappa shape index (κ2) is 6.57. The molecule has 1 fully saturated rings. The molecule has 2 aromatic carbocycles. The van der Waals surface area contributed by atoms with Crippen LogP contribution in [0.1, 0.15) is 30.2 Å². The van der Waals surface area contributed by atoms with E-state index in [1.165, 1.54) is 12.1 Å². The van der Waals surface area contributed by atoms with Gasteiger partial charge in [-0.3, -0.25) is 4.90 Å². The maximum Gasteiger partial charge on any atom is 0.151 e. The Kier molecular flexibility index (Phi) is 4.13. The highest BCUT2D eigenvalue weighted by Crippen LogP contribution is 2.33. The molecule has 1 aliphatic heterocycles. The molecule has 0 spiro atoms. The van der Waals surface area contributed by atoms with Gasteiger partial charge in [-0.25, -0.2) is 4.39 Å². The molecule has 0 bridgehead atoms. The third kappa shape index (κ3) is 3.10. The summed E-state index contributed by atoms with van der Waals surface area (Å²) in [6.45, 7) is 1.74. The Balaban J connectivity index is 1.50. The highest BCUT2D eigenvalue weighted by molar-refractivity contribution is 5.58. The van der Waals surface area contributed by atoms with Crippen molar-refractivity contribution in [1.82, 2.24) is 10.1 Å². The van der Waals surface area contributed by atoms with Crippen LogP contribution in [-0.4, -0.2) is 16.6 Å². The van der Waals surface area contributed by atoms with Gasteiger partial charge in [-0.1, -0.05) is 47.6 Å². The van der Waals surface area contributed by atoms with Crippen LogP contribution >= 0.6 is 0 Å². The van der Waals surface area contributed by atoms with Gasteiger partial charge in [-0.2, -0.15) is 0 Å². The second-order valence-electron chi connectivity index (χ2n) is 6.22. The van der Waals surface area contributed by atoms with Gasteiger partial charge in [0, 0.05) is 17.7 Å². The normalized spacial score (nSPS) is 18.1. The summed E-state index contributed by atoms with van der Waals surface area (Å²) in [4.78, 5) is 2.38. The van der Waals surface area contributed by atoms with Crippen molar-refractivity contribution in [2.24, 2.45) is 0 Å². The molecule has 3 aromatic rings. The third-order valence-electron chi connectivity index (χ3n) is 4.61. The predicted octanol–water partition coefficient (Wildman–Crippen LogP) is 4.82. The van der Waals surface area contributed by atoms with Crippen LogP contribution in [0.3, 0.4) is 0 Å². The molecular weight excluding hydrogens is 303 g/mol. The SMILES string of the molecule is Fc1ccc(C2CCCN2Cc2cc(-c3ccccc3)no2)cc1. The number of aromatic nitrogens is 1. The van der Waals surface area contributed by atoms with E-state index in [4.69, 9.17) is 4.52 Å². The monoisotopic (exact) mass is 322 g/mol. The Bertz CT molecular complexity index is 798. The highest BCUT2D eigenvalue weighted by atomic mass is 19.1. The number of halogens is 1. The fraction of sp³-hybridized carbons (Fsp3) is 0.250. The zero-order valence-corrected chi connectivity index (χ0v) is 13.4. The average molecular weight is 322 g/mol. The Morgan fingerprint density at radius 2 is 1.88 bits per heavy atom. The lowest BCUT2D eigenvalue weighted by molar-refractivity contribution is 0.217. The first kappa shape index (κ1) is 15.1. The summed E-state index contributed by atoms with van der Waals surface area (Å²) in [5.41, 5.74) is 3.09. The number of hydrogen-bond acceptors (Lipinski definition) is 3. The van der Waals surface area contributed by atoms with Gasteiger partial charge in [-0.05, 0) is 37.1 Å². The quantitative estimate of drug-likeness (QED) is 0.690. The smallest absolute Gasteiger partial charge is 0.151 e. The van der Waals surface area contributed by atoms with Crippen LogP contribution < -0.4 is 0 Å². The first-order valence-corrected chi connectivity index (χ1v) is 8.30. The van der Waals surface area contributed by atoms with E-state index in [0.717, 1.165) is 48.5 Å². The Labute approximate surface area is 140 Å². The van der Waals surface area contributed by atoms with Crippen molar-refractivity contribution >= 4 is 0 Å². The molecule has 3 nitrogen and oxygen atoms in total. The highest BCUT2D eigenvalue weighted by Gasteiger charge is 2.27. The molecule has 0 radical (unpaired) electrons. The van der Waals surface area contributed by atoms with Crippen LogP contribution in [0.15, 0.2) is 65.2 Å². The molecule has 1 atom stereocenters. The summed E-state index contributed by atoms with van der Waals surface area (Å²) in [6.07, 6.45) is 2.23. The van der Waals surface area contributed by atoms with Gasteiger partial charge in [-0.15, -0.1) is 0 Å². The molecule has 1 aromatic heterocycles. The number of benzene rings is 2. The van der Waals surface area contributed by atoms with E-state index >= 15 is 0 Å². The molecule has 4 heteroatoms. The van der Waals surface area contributed by atoms with E-state index in [-0.39, 0.29) is 5.82 Å². The third-order valence-corrected chi connectivity index (χ3v) is 4.61. The van der Waals surface area contributed by atoms with Crippen LogP contribution in [0.4, 0.5) is 4.39 Å². The maximum absolute atomic E-state index is 13.1. The molecule has 1 unspecified atom stereocenters. The first-order chi connectivity index (χ1) is 11.8. The standard InChI is InChI=1S/C20H19FN2O/c21-17-10-8-16(9-11-17)20-7-4-12-23(20)14-18-13-19(22-24-18)15-5-2-1-3-6-15/h1-3,5-6,8-11,13,20H,4,7,12,14H2. The Morgan fingerprint density at radius 3 is 2.67 bits per heavy atom. The van der Waals surface area contributed by atoms with Gasteiger partial charge < -0.3 is 4.52 Å². The lowest BCUT2D eigenvalue weighted by Crippen LogP contribution is -2.22. The second-order valence-corrected chi connectivity index (χ2v) is 6.22. The molecule has 0 N–H and O–H groups in total. The molecule has 1 aliphatic rings. The summed E-state index contributed by atoms with van der Waals surface area (Å²) in [5, 5.41) is 4.19. The molecule has 4 rings (SSSR count). The van der Waals surface area contributed by atoms with E-state index in [9.17, 15) is 4.39 Å². The van der Waals surface area contributed by atoms with E-state index in [2.05, 4.69) is 10.1 Å². The fourth-order valence-electron chi connectivity index (χ4n) is 3.41. The van der Waals surface area contributed by atoms with Crippen molar-refractivity contribution in [2.75, 3.05) is 6.54 Å². The lowest BCUT2D eigenvalue weighted by Gasteiger charge is -2.23. The molecule has 0 aliphatic carbocycles. The largest absolute Gasteiger partial charge is 0.359 e. The van der Waals surface area contributed by atoms with Crippen LogP contribution in [0.25, 0.3) is 11.3 Å². The zero-order chi connectivity index (χ0) is 16.4. The molecule has 0 saturated carbocycles. The van der Waals surface area contributed by atoms with Gasteiger partial charge in [0.25, 0.3) is 0 Å². The van der Waals surface area contributed by atoms with Crippen LogP contribution in [-0.2, 0) is 6.54 Å². The minimum atomic E-state index is -0.189. The number of rotatable bonds is 4. The maximum atomic E-state index is 13.1. The lowest BCUT2D eigenvalue weighted by atomic mass is 10.0. The van der Waals surface area contributed by atoms with Gasteiger partial charge in [0.15, 0.2) is 5.76 Å². The minimum Gasteiger partial charge on any atom is -0.359 e. The molecule has 24 heavy (non-hydrogen) atoms. The molecular formula is C20H19FN2O. The fourth-order valence-corrected chi connectivity index (χ4v) is 3.41. The predicted molar refractivity (Wildman–Crippen MR) is 90.7 cm³/mol. The summed E-state index contributed by atoms with van der Waals surface area (Å²) >= 11 is 0. The van der Waals surface area contributed by atoms with Crippen molar-refractivity contribution < 1.29 is 8.91 Å². The zero-order valence-electron chi connectivity index (χ0n) is 13.4. The Morgan fingerprint density at radius 1 is 1.08 bits per heavy atom. The van der Waals surface area contributed by atoms with E-state index < -0.39 is 0 Å². The summed E-state index contributed by atoms with van der Waals surface area (Å²) < 4.78 is 18.7. The average Bonchev–Trinajstić information content (AvgIpc) is 3.27. The van der Waals surface area contributed by atoms with Crippen LogP contribution in [0.5, 0.6) is 0 Å². The van der Waals surface area contributed by atoms with Crippen molar-refractivity contribution in [3.8, 4) is 11.3 Å². The van der Waals surface area contributed by atoms with Crippen molar-refractivity contribution in [2.45, 2.75) is 25.4 Å². The van der Waals surface area contributed by atoms with Gasteiger partial charge >= 0.3 is 0 Å². The first-order valence-electron chi connectivity index (χ1n) is 8.30. The van der Waals surface area contributed by atoms with Crippen LogP contribution in [0.2, 0.25) is 0 Å². The minimum absolute atomic E-state index is 0.189. The van der Waals surface area contributed by atoms with Crippen molar-refractivity contribution in [3.05, 3.63) is 77.8 Å². The summed E-state index contributed by atoms with van der Waals surface area (Å²) in [5.74, 6) is 0.675. The van der Waals surface area contributed by atoms with Crippen molar-refractivity contribution in [3.63, 3.8) is 0 Å². The van der Waals surface area contributed by atoms with E-state index in [0.29, 0.717) is 6.04 Å².